The largest absolute Gasteiger partial charge is 0.493 e. The lowest BCUT2D eigenvalue weighted by Crippen LogP contribution is -2.06. The van der Waals surface area contributed by atoms with E-state index in [0.717, 1.165) is 0 Å². The van der Waals surface area contributed by atoms with Crippen LogP contribution in [0, 0.1) is 5.82 Å². The second kappa shape index (κ2) is 6.95. The van der Waals surface area contributed by atoms with Crippen LogP contribution in [0.5, 0.6) is 5.75 Å². The van der Waals surface area contributed by atoms with E-state index in [2.05, 4.69) is 20.4 Å². The van der Waals surface area contributed by atoms with Gasteiger partial charge in [0, 0.05) is 29.5 Å². The third-order valence-electron chi connectivity index (χ3n) is 3.26. The van der Waals surface area contributed by atoms with Gasteiger partial charge in [-0.15, -0.1) is 0 Å². The molecule has 0 bridgehead atoms. The molecule has 0 atom stereocenters. The fourth-order valence-corrected chi connectivity index (χ4v) is 2.23. The number of nitrogen functional groups attached to an aromatic ring is 1. The molecule has 0 aliphatic carbocycles. The summed E-state index contributed by atoms with van der Waals surface area (Å²) < 4.78 is 24.1. The number of hydrogen-bond donors (Lipinski definition) is 2. The van der Waals surface area contributed by atoms with Gasteiger partial charge in [-0.05, 0) is 19.1 Å². The number of hydrogen-bond acceptors (Lipinski definition) is 7. The Morgan fingerprint density at radius 3 is 2.92 bits per heavy atom. The van der Waals surface area contributed by atoms with E-state index in [4.69, 9.17) is 15.0 Å². The summed E-state index contributed by atoms with van der Waals surface area (Å²) in [6.07, 6.45) is 3.13. The number of nitrogens with two attached hydrogens (primary N) is 1. The van der Waals surface area contributed by atoms with E-state index in [1.807, 2.05) is 6.92 Å². The Bertz CT molecular complexity index is 823. The van der Waals surface area contributed by atoms with Crippen LogP contribution < -0.4 is 15.8 Å². The molecular weight excluding hydrogens is 313 g/mol. The molecule has 0 radical (unpaired) electrons. The van der Waals surface area contributed by atoms with Gasteiger partial charge in [0.15, 0.2) is 5.76 Å². The third kappa shape index (κ3) is 3.43. The number of rotatable bonds is 6. The fraction of sp³-hybridized carbons (Fsp3) is 0.188. The van der Waals surface area contributed by atoms with Gasteiger partial charge < -0.3 is 20.3 Å². The summed E-state index contributed by atoms with van der Waals surface area (Å²) in [6.45, 7) is 2.61. The van der Waals surface area contributed by atoms with Crippen LogP contribution in [0.3, 0.4) is 0 Å². The standard InChI is InChI=1S/C16H16FN5O2/c1-2-23-14-7-10(17)3-4-12(14)13-9-20-16(18)22-15(13)19-8-11-5-6-21-24-11/h3-7,9H,2,8H2,1H3,(H3,18,19,20,22). The maximum absolute atomic E-state index is 13.5. The zero-order chi connectivity index (χ0) is 16.9. The van der Waals surface area contributed by atoms with Crippen LogP contribution >= 0.6 is 0 Å². The highest BCUT2D eigenvalue weighted by Crippen LogP contribution is 2.34. The predicted molar refractivity (Wildman–Crippen MR) is 86.8 cm³/mol. The maximum Gasteiger partial charge on any atom is 0.221 e. The fourth-order valence-electron chi connectivity index (χ4n) is 2.23. The van der Waals surface area contributed by atoms with E-state index < -0.39 is 0 Å². The van der Waals surface area contributed by atoms with Gasteiger partial charge >= 0.3 is 0 Å². The van der Waals surface area contributed by atoms with Crippen molar-refractivity contribution in [3.05, 3.63) is 48.2 Å². The molecule has 24 heavy (non-hydrogen) atoms. The summed E-state index contributed by atoms with van der Waals surface area (Å²) in [4.78, 5) is 8.24. The number of ether oxygens (including phenoxy) is 1. The summed E-state index contributed by atoms with van der Waals surface area (Å²) >= 11 is 0. The molecule has 3 rings (SSSR count). The van der Waals surface area contributed by atoms with E-state index in [0.29, 0.717) is 41.6 Å². The number of aromatic nitrogens is 3. The molecule has 0 saturated carbocycles. The summed E-state index contributed by atoms with van der Waals surface area (Å²) in [5.41, 5.74) is 7.00. The second-order valence-corrected chi connectivity index (χ2v) is 4.90. The number of benzene rings is 1. The van der Waals surface area contributed by atoms with Crippen molar-refractivity contribution < 1.29 is 13.7 Å². The lowest BCUT2D eigenvalue weighted by molar-refractivity contribution is 0.339. The van der Waals surface area contributed by atoms with Crippen LogP contribution in [-0.4, -0.2) is 21.7 Å². The molecular formula is C16H16FN5O2. The van der Waals surface area contributed by atoms with E-state index in [9.17, 15) is 4.39 Å². The topological polar surface area (TPSA) is 99.1 Å². The Morgan fingerprint density at radius 2 is 2.17 bits per heavy atom. The van der Waals surface area contributed by atoms with Gasteiger partial charge in [-0.3, -0.25) is 0 Å². The van der Waals surface area contributed by atoms with E-state index in [-0.39, 0.29) is 11.8 Å². The van der Waals surface area contributed by atoms with Gasteiger partial charge in [-0.25, -0.2) is 9.37 Å². The van der Waals surface area contributed by atoms with Crippen LogP contribution in [0.2, 0.25) is 0 Å². The Labute approximate surface area is 137 Å². The summed E-state index contributed by atoms with van der Waals surface area (Å²) in [6, 6.07) is 6.04. The average Bonchev–Trinajstić information content (AvgIpc) is 3.08. The Kier molecular flexibility index (Phi) is 4.55. The van der Waals surface area contributed by atoms with Crippen molar-refractivity contribution in [2.75, 3.05) is 17.7 Å². The van der Waals surface area contributed by atoms with E-state index in [1.165, 1.54) is 12.1 Å². The van der Waals surface area contributed by atoms with Crippen molar-refractivity contribution in [1.82, 2.24) is 15.1 Å². The molecule has 0 fully saturated rings. The highest BCUT2D eigenvalue weighted by Gasteiger charge is 2.14. The van der Waals surface area contributed by atoms with Gasteiger partial charge in [-0.1, -0.05) is 5.16 Å². The first-order chi connectivity index (χ1) is 11.7. The highest BCUT2D eigenvalue weighted by molar-refractivity contribution is 5.79. The SMILES string of the molecule is CCOc1cc(F)ccc1-c1cnc(N)nc1NCc1ccno1. The molecule has 7 nitrogen and oxygen atoms in total. The molecule has 0 saturated heterocycles. The molecule has 1 aromatic carbocycles. The summed E-state index contributed by atoms with van der Waals surface area (Å²) in [5, 5.41) is 6.77. The predicted octanol–water partition coefficient (Wildman–Crippen LogP) is 2.86. The minimum absolute atomic E-state index is 0.124. The summed E-state index contributed by atoms with van der Waals surface area (Å²) in [7, 11) is 0. The Morgan fingerprint density at radius 1 is 1.29 bits per heavy atom. The molecule has 0 spiro atoms. The molecule has 124 valence electrons. The molecule has 3 N–H and O–H groups in total. The van der Waals surface area contributed by atoms with Crippen LogP contribution in [0.25, 0.3) is 11.1 Å². The van der Waals surface area contributed by atoms with Gasteiger partial charge in [0.05, 0.1) is 19.3 Å². The molecule has 8 heteroatoms. The van der Waals surface area contributed by atoms with Crippen molar-refractivity contribution >= 4 is 11.8 Å². The first-order valence-corrected chi connectivity index (χ1v) is 7.36. The molecule has 0 amide bonds. The lowest BCUT2D eigenvalue weighted by Gasteiger charge is -2.14. The molecule has 0 aliphatic rings. The summed E-state index contributed by atoms with van der Waals surface area (Å²) in [5.74, 6) is 1.29. The van der Waals surface area contributed by atoms with Crippen LogP contribution in [0.1, 0.15) is 12.7 Å². The monoisotopic (exact) mass is 329 g/mol. The van der Waals surface area contributed by atoms with Crippen LogP contribution in [0.15, 0.2) is 41.2 Å². The quantitative estimate of drug-likeness (QED) is 0.717. The lowest BCUT2D eigenvalue weighted by atomic mass is 10.1. The highest BCUT2D eigenvalue weighted by atomic mass is 19.1. The van der Waals surface area contributed by atoms with Crippen molar-refractivity contribution in [3.63, 3.8) is 0 Å². The Hall–Kier alpha value is -3.16. The Balaban J connectivity index is 1.98. The molecule has 3 aromatic rings. The molecule has 2 aromatic heterocycles. The zero-order valence-corrected chi connectivity index (χ0v) is 13.0. The number of halogens is 1. The molecule has 0 unspecified atom stereocenters. The van der Waals surface area contributed by atoms with Crippen LogP contribution in [0.4, 0.5) is 16.2 Å². The van der Waals surface area contributed by atoms with Crippen molar-refractivity contribution in [3.8, 4) is 16.9 Å². The minimum atomic E-state index is -0.380. The van der Waals surface area contributed by atoms with E-state index in [1.54, 1.807) is 24.5 Å². The second-order valence-electron chi connectivity index (χ2n) is 4.90. The van der Waals surface area contributed by atoms with Crippen molar-refractivity contribution in [2.45, 2.75) is 13.5 Å². The normalized spacial score (nSPS) is 10.6. The smallest absolute Gasteiger partial charge is 0.221 e. The van der Waals surface area contributed by atoms with Gasteiger partial charge in [-0.2, -0.15) is 4.98 Å². The zero-order valence-electron chi connectivity index (χ0n) is 13.0. The number of anilines is 2. The molecule has 2 heterocycles. The number of nitrogens with one attached hydrogen (secondary N) is 1. The van der Waals surface area contributed by atoms with Crippen molar-refractivity contribution in [1.29, 1.82) is 0 Å². The third-order valence-corrected chi connectivity index (χ3v) is 3.26. The first kappa shape index (κ1) is 15.7. The number of nitrogens with zero attached hydrogens (tertiary/aromatic N) is 3. The first-order valence-electron chi connectivity index (χ1n) is 7.36. The minimum Gasteiger partial charge on any atom is -0.493 e. The van der Waals surface area contributed by atoms with Gasteiger partial charge in [0.1, 0.15) is 17.4 Å². The van der Waals surface area contributed by atoms with Gasteiger partial charge in [0.25, 0.3) is 0 Å². The van der Waals surface area contributed by atoms with Crippen molar-refractivity contribution in [2.24, 2.45) is 0 Å². The average molecular weight is 329 g/mol. The van der Waals surface area contributed by atoms with Gasteiger partial charge in [0.2, 0.25) is 5.95 Å². The molecule has 0 aliphatic heterocycles. The van der Waals surface area contributed by atoms with Crippen LogP contribution in [-0.2, 0) is 6.54 Å². The maximum atomic E-state index is 13.5. The van der Waals surface area contributed by atoms with E-state index >= 15 is 0 Å².